The molecule has 0 bridgehead atoms. The Bertz CT molecular complexity index is 315. The molecule has 5 heteroatoms. The summed E-state index contributed by atoms with van der Waals surface area (Å²) in [6.45, 7) is 0. The molecule has 64 valence electrons. The molecule has 0 heterocycles. The number of benzene rings is 1. The number of rotatable bonds is 2. The molecule has 0 saturated heterocycles. The van der Waals surface area contributed by atoms with Crippen LogP contribution in [-0.2, 0) is 0 Å². The minimum absolute atomic E-state index is 0.104. The number of carbonyl (C=O) groups excluding carboxylic acids is 1. The van der Waals surface area contributed by atoms with Crippen LogP contribution in [0.25, 0.3) is 0 Å². The van der Waals surface area contributed by atoms with E-state index in [-0.39, 0.29) is 11.3 Å². The molecule has 0 atom stereocenters. The van der Waals surface area contributed by atoms with Gasteiger partial charge in [0.1, 0.15) is 5.75 Å². The van der Waals surface area contributed by atoms with Gasteiger partial charge in [0.05, 0.1) is 10.5 Å². The van der Waals surface area contributed by atoms with E-state index < -0.39 is 0 Å². The average molecular weight is 184 g/mol. The zero-order valence-electron chi connectivity index (χ0n) is 6.15. The lowest BCUT2D eigenvalue weighted by Crippen LogP contribution is -1.96. The van der Waals surface area contributed by atoms with Crippen molar-refractivity contribution in [1.82, 2.24) is 0 Å². The van der Waals surface area contributed by atoms with E-state index in [0.29, 0.717) is 16.9 Å². The van der Waals surface area contributed by atoms with Gasteiger partial charge in [0, 0.05) is 5.69 Å². The predicted octanol–water partition coefficient (Wildman–Crippen LogP) is 0.753. The van der Waals surface area contributed by atoms with Crippen LogP contribution in [0.4, 0.5) is 5.69 Å². The third-order valence-electron chi connectivity index (χ3n) is 1.44. The molecule has 0 radical (unpaired) electrons. The fraction of sp³-hybridized carbons (Fsp3) is 0. The number of phenols is 1. The summed E-state index contributed by atoms with van der Waals surface area (Å²) < 4.78 is 0. The van der Waals surface area contributed by atoms with E-state index in [4.69, 9.17) is 10.9 Å². The van der Waals surface area contributed by atoms with Crippen LogP contribution in [0.2, 0.25) is 0 Å². The number of nitrogens with two attached hydrogens (primary N) is 2. The highest BCUT2D eigenvalue weighted by Crippen LogP contribution is 2.30. The first-order valence-electron chi connectivity index (χ1n) is 3.14. The summed E-state index contributed by atoms with van der Waals surface area (Å²) in [5.41, 5.74) is 6.04. The molecule has 0 aromatic heterocycles. The summed E-state index contributed by atoms with van der Waals surface area (Å²) in [6, 6.07) is 2.86. The first-order valence-corrected chi connectivity index (χ1v) is 4.02. The maximum Gasteiger partial charge on any atom is 0.155 e. The lowest BCUT2D eigenvalue weighted by Gasteiger charge is -2.05. The molecule has 4 nitrogen and oxygen atoms in total. The van der Waals surface area contributed by atoms with Gasteiger partial charge in [0.2, 0.25) is 0 Å². The van der Waals surface area contributed by atoms with E-state index in [0.717, 1.165) is 11.9 Å². The highest BCUT2D eigenvalue weighted by atomic mass is 32.2. The van der Waals surface area contributed by atoms with Crippen LogP contribution in [0.1, 0.15) is 10.4 Å². The van der Waals surface area contributed by atoms with E-state index in [1.807, 2.05) is 0 Å². The number of carbonyl (C=O) groups is 1. The second-order valence-corrected chi connectivity index (χ2v) is 2.80. The van der Waals surface area contributed by atoms with Crippen LogP contribution < -0.4 is 10.9 Å². The number of aromatic hydroxyl groups is 1. The zero-order chi connectivity index (χ0) is 9.14. The van der Waals surface area contributed by atoms with Crippen molar-refractivity contribution in [3.05, 3.63) is 17.7 Å². The summed E-state index contributed by atoms with van der Waals surface area (Å²) in [4.78, 5) is 10.9. The summed E-state index contributed by atoms with van der Waals surface area (Å²) in [5.74, 6) is -0.104. The smallest absolute Gasteiger partial charge is 0.155 e. The number of hydrogen-bond donors (Lipinski definition) is 3. The minimum atomic E-state index is -0.104. The lowest BCUT2D eigenvalue weighted by atomic mass is 10.2. The van der Waals surface area contributed by atoms with Crippen molar-refractivity contribution in [2.75, 3.05) is 5.73 Å². The van der Waals surface area contributed by atoms with Crippen LogP contribution >= 0.6 is 11.9 Å². The molecule has 5 N–H and O–H groups in total. The molecular weight excluding hydrogens is 176 g/mol. The van der Waals surface area contributed by atoms with Gasteiger partial charge in [0.25, 0.3) is 0 Å². The molecule has 0 unspecified atom stereocenters. The third-order valence-corrected chi connectivity index (χ3v) is 2.13. The van der Waals surface area contributed by atoms with Gasteiger partial charge in [-0.3, -0.25) is 9.93 Å². The second-order valence-electron chi connectivity index (χ2n) is 2.15. The van der Waals surface area contributed by atoms with Gasteiger partial charge in [-0.1, -0.05) is 0 Å². The summed E-state index contributed by atoms with van der Waals surface area (Å²) in [6.07, 6.45) is 0.529. The monoisotopic (exact) mass is 184 g/mol. The maximum absolute atomic E-state index is 10.5. The molecule has 1 aromatic rings. The summed E-state index contributed by atoms with van der Waals surface area (Å²) in [5, 5.41) is 14.5. The Labute approximate surface area is 73.7 Å². The predicted molar refractivity (Wildman–Crippen MR) is 48.0 cm³/mol. The Morgan fingerprint density at radius 2 is 2.17 bits per heavy atom. The Morgan fingerprint density at radius 3 is 2.58 bits per heavy atom. The number of anilines is 1. The highest BCUT2D eigenvalue weighted by Gasteiger charge is 2.09. The van der Waals surface area contributed by atoms with Gasteiger partial charge in [-0.05, 0) is 24.1 Å². The Kier molecular flexibility index (Phi) is 2.57. The normalized spacial score (nSPS) is 9.75. The maximum atomic E-state index is 10.5. The van der Waals surface area contributed by atoms with Gasteiger partial charge in [-0.2, -0.15) is 0 Å². The highest BCUT2D eigenvalue weighted by molar-refractivity contribution is 7.97. The van der Waals surface area contributed by atoms with Crippen molar-refractivity contribution in [1.29, 1.82) is 0 Å². The number of aldehydes is 1. The fourth-order valence-electron chi connectivity index (χ4n) is 0.851. The summed E-state index contributed by atoms with van der Waals surface area (Å²) in [7, 11) is 0. The van der Waals surface area contributed by atoms with Gasteiger partial charge >= 0.3 is 0 Å². The zero-order valence-corrected chi connectivity index (χ0v) is 6.97. The first kappa shape index (κ1) is 8.89. The van der Waals surface area contributed by atoms with Crippen LogP contribution in [0.15, 0.2) is 17.0 Å². The minimum Gasteiger partial charge on any atom is -0.507 e. The number of hydrogen-bond acceptors (Lipinski definition) is 5. The van der Waals surface area contributed by atoms with Crippen molar-refractivity contribution < 1.29 is 9.90 Å². The van der Waals surface area contributed by atoms with Crippen LogP contribution in [-0.4, -0.2) is 11.4 Å². The van der Waals surface area contributed by atoms with Crippen molar-refractivity contribution in [2.45, 2.75) is 4.90 Å². The van der Waals surface area contributed by atoms with E-state index in [1.54, 1.807) is 0 Å². The van der Waals surface area contributed by atoms with Crippen molar-refractivity contribution in [2.24, 2.45) is 5.14 Å². The largest absolute Gasteiger partial charge is 0.507 e. The molecule has 0 spiro atoms. The van der Waals surface area contributed by atoms with Crippen molar-refractivity contribution in [3.63, 3.8) is 0 Å². The van der Waals surface area contributed by atoms with Gasteiger partial charge in [-0.25, -0.2) is 0 Å². The lowest BCUT2D eigenvalue weighted by molar-refractivity contribution is 0.111. The van der Waals surface area contributed by atoms with E-state index in [2.05, 4.69) is 0 Å². The molecule has 0 aliphatic carbocycles. The standard InChI is InChI=1S/C7H8N2O2S/c8-5-1-2-6(11)4(3-10)7(5)12-9/h1-3,11H,8-9H2. The van der Waals surface area contributed by atoms with E-state index in [9.17, 15) is 9.90 Å². The van der Waals surface area contributed by atoms with Crippen LogP contribution in [0.3, 0.4) is 0 Å². The Hall–Kier alpha value is -1.20. The van der Waals surface area contributed by atoms with Gasteiger partial charge in [-0.15, -0.1) is 0 Å². The quantitative estimate of drug-likeness (QED) is 0.273. The summed E-state index contributed by atoms with van der Waals surface area (Å²) >= 11 is 0.845. The number of phenolic OH excluding ortho intramolecular Hbond substituents is 1. The molecular formula is C7H8N2O2S. The number of nitrogen functional groups attached to an aromatic ring is 1. The first-order chi connectivity index (χ1) is 5.70. The van der Waals surface area contributed by atoms with Gasteiger partial charge < -0.3 is 10.8 Å². The fourth-order valence-corrected chi connectivity index (χ4v) is 1.34. The molecule has 0 fully saturated rings. The molecule has 12 heavy (non-hydrogen) atoms. The van der Waals surface area contributed by atoms with Crippen LogP contribution in [0.5, 0.6) is 5.75 Å². The van der Waals surface area contributed by atoms with E-state index in [1.165, 1.54) is 12.1 Å². The Morgan fingerprint density at radius 1 is 1.50 bits per heavy atom. The van der Waals surface area contributed by atoms with Gasteiger partial charge in [0.15, 0.2) is 6.29 Å². The third kappa shape index (κ3) is 1.37. The second kappa shape index (κ2) is 3.46. The molecule has 1 aromatic carbocycles. The van der Waals surface area contributed by atoms with Crippen molar-refractivity contribution >= 4 is 23.9 Å². The molecule has 0 saturated carbocycles. The van der Waals surface area contributed by atoms with Crippen molar-refractivity contribution in [3.8, 4) is 5.75 Å². The van der Waals surface area contributed by atoms with E-state index >= 15 is 0 Å². The Balaban J connectivity index is 3.38. The molecule has 1 rings (SSSR count). The van der Waals surface area contributed by atoms with Crippen LogP contribution in [0, 0.1) is 0 Å². The molecule has 0 aliphatic rings. The SMILES string of the molecule is NSc1c(N)ccc(O)c1C=O. The topological polar surface area (TPSA) is 89.3 Å². The average Bonchev–Trinajstić information content (AvgIpc) is 2.08. The molecule has 0 amide bonds. The molecule has 0 aliphatic heterocycles.